The lowest BCUT2D eigenvalue weighted by molar-refractivity contribution is -0.115. The highest BCUT2D eigenvalue weighted by Gasteiger charge is 2.07. The van der Waals surface area contributed by atoms with E-state index in [1.807, 2.05) is 11.8 Å². The molecule has 20 heavy (non-hydrogen) atoms. The van der Waals surface area contributed by atoms with Crippen molar-refractivity contribution in [1.82, 2.24) is 0 Å². The quantitative estimate of drug-likeness (QED) is 0.540. The summed E-state index contributed by atoms with van der Waals surface area (Å²) in [5.41, 5.74) is 6.95. The second-order valence-electron chi connectivity index (χ2n) is 4.58. The molecule has 112 valence electrons. The minimum absolute atomic E-state index is 0.00288. The fraction of sp³-hybridized carbons (Fsp3) is 0.533. The number of amides is 1. The summed E-state index contributed by atoms with van der Waals surface area (Å²) in [7, 11) is 1.57. The van der Waals surface area contributed by atoms with E-state index in [2.05, 4.69) is 12.2 Å². The van der Waals surface area contributed by atoms with E-state index in [4.69, 9.17) is 10.5 Å². The Balaban J connectivity index is 2.33. The van der Waals surface area contributed by atoms with Crippen LogP contribution in [0.15, 0.2) is 18.2 Å². The van der Waals surface area contributed by atoms with E-state index in [9.17, 15) is 4.79 Å². The molecule has 0 bridgehead atoms. The highest BCUT2D eigenvalue weighted by atomic mass is 32.2. The maximum atomic E-state index is 11.9. The van der Waals surface area contributed by atoms with Crippen LogP contribution < -0.4 is 15.8 Å². The molecule has 0 saturated heterocycles. The number of carbonyl (C=O) groups is 1. The number of carbonyl (C=O) groups excluding carboxylic acids is 1. The largest absolute Gasteiger partial charge is 0.495 e. The van der Waals surface area contributed by atoms with Gasteiger partial charge in [0.2, 0.25) is 5.91 Å². The molecule has 0 aliphatic carbocycles. The summed E-state index contributed by atoms with van der Waals surface area (Å²) >= 11 is 1.83. The molecule has 0 fully saturated rings. The number of nitrogen functional groups attached to an aromatic ring is 1. The standard InChI is InChI=1S/C15H24N2O2S/c1-3-4-5-9-20-10-8-15(18)17-13-11-12(16)6-7-14(13)19-2/h6-7,11H,3-5,8-10,16H2,1-2H3,(H,17,18). The maximum Gasteiger partial charge on any atom is 0.225 e. The zero-order valence-corrected chi connectivity index (χ0v) is 13.1. The van der Waals surface area contributed by atoms with Crippen molar-refractivity contribution >= 4 is 29.0 Å². The normalized spacial score (nSPS) is 10.3. The number of hydrogen-bond donors (Lipinski definition) is 2. The number of thioether (sulfide) groups is 1. The highest BCUT2D eigenvalue weighted by Crippen LogP contribution is 2.26. The number of unbranched alkanes of at least 4 members (excludes halogenated alkanes) is 2. The van der Waals surface area contributed by atoms with Gasteiger partial charge in [0.15, 0.2) is 0 Å². The van der Waals surface area contributed by atoms with Crippen LogP contribution in [0.1, 0.15) is 32.6 Å². The fourth-order valence-corrected chi connectivity index (χ4v) is 2.70. The Bertz CT molecular complexity index is 424. The monoisotopic (exact) mass is 296 g/mol. The lowest BCUT2D eigenvalue weighted by Gasteiger charge is -2.10. The van der Waals surface area contributed by atoms with Gasteiger partial charge in [0, 0.05) is 17.9 Å². The summed E-state index contributed by atoms with van der Waals surface area (Å²) in [6, 6.07) is 5.22. The Morgan fingerprint density at radius 3 is 2.85 bits per heavy atom. The Kier molecular flexibility index (Phi) is 7.95. The number of methoxy groups -OCH3 is 1. The highest BCUT2D eigenvalue weighted by molar-refractivity contribution is 7.99. The number of benzene rings is 1. The number of anilines is 2. The zero-order valence-electron chi connectivity index (χ0n) is 12.3. The van der Waals surface area contributed by atoms with E-state index < -0.39 is 0 Å². The summed E-state index contributed by atoms with van der Waals surface area (Å²) in [5.74, 6) is 2.60. The number of hydrogen-bond acceptors (Lipinski definition) is 4. The van der Waals surface area contributed by atoms with Gasteiger partial charge in [-0.25, -0.2) is 0 Å². The first kappa shape index (κ1) is 16.7. The van der Waals surface area contributed by atoms with Gasteiger partial charge in [-0.2, -0.15) is 11.8 Å². The molecule has 0 spiro atoms. The molecular weight excluding hydrogens is 272 g/mol. The molecule has 0 aliphatic rings. The number of ether oxygens (including phenoxy) is 1. The van der Waals surface area contributed by atoms with Gasteiger partial charge in [0.05, 0.1) is 12.8 Å². The number of rotatable bonds is 9. The molecule has 1 amide bonds. The number of nitrogens with one attached hydrogen (secondary N) is 1. The van der Waals surface area contributed by atoms with Gasteiger partial charge in [0.1, 0.15) is 5.75 Å². The minimum Gasteiger partial charge on any atom is -0.495 e. The molecule has 1 aromatic rings. The first-order valence-corrected chi connectivity index (χ1v) is 8.14. The summed E-state index contributed by atoms with van der Waals surface area (Å²) in [5, 5.41) is 2.85. The van der Waals surface area contributed by atoms with Crippen molar-refractivity contribution in [3.63, 3.8) is 0 Å². The smallest absolute Gasteiger partial charge is 0.225 e. The predicted molar refractivity (Wildman–Crippen MR) is 87.5 cm³/mol. The van der Waals surface area contributed by atoms with Crippen molar-refractivity contribution in [2.24, 2.45) is 0 Å². The van der Waals surface area contributed by atoms with Crippen LogP contribution in [0.5, 0.6) is 5.75 Å². The van der Waals surface area contributed by atoms with Crippen LogP contribution in [0.25, 0.3) is 0 Å². The average molecular weight is 296 g/mol. The SMILES string of the molecule is CCCCCSCCC(=O)Nc1cc(N)ccc1OC. The van der Waals surface area contributed by atoms with Gasteiger partial charge in [-0.05, 0) is 30.4 Å². The molecule has 0 atom stereocenters. The van der Waals surface area contributed by atoms with Gasteiger partial charge in [-0.15, -0.1) is 0 Å². The van der Waals surface area contributed by atoms with Crippen LogP contribution in [0.3, 0.4) is 0 Å². The molecule has 3 N–H and O–H groups in total. The van der Waals surface area contributed by atoms with Crippen molar-refractivity contribution < 1.29 is 9.53 Å². The van der Waals surface area contributed by atoms with Gasteiger partial charge in [-0.1, -0.05) is 19.8 Å². The predicted octanol–water partition coefficient (Wildman–Crippen LogP) is 3.53. The van der Waals surface area contributed by atoms with Crippen LogP contribution in [-0.4, -0.2) is 24.5 Å². The Morgan fingerprint density at radius 1 is 1.35 bits per heavy atom. The third kappa shape index (κ3) is 6.19. The van der Waals surface area contributed by atoms with Gasteiger partial charge < -0.3 is 15.8 Å². The first-order chi connectivity index (χ1) is 9.67. The Morgan fingerprint density at radius 2 is 2.15 bits per heavy atom. The fourth-order valence-electron chi connectivity index (χ4n) is 1.76. The molecule has 1 rings (SSSR count). The molecule has 0 heterocycles. The maximum absolute atomic E-state index is 11.9. The molecule has 1 aromatic carbocycles. The Labute approximate surface area is 125 Å². The van der Waals surface area contributed by atoms with Crippen LogP contribution in [0.2, 0.25) is 0 Å². The van der Waals surface area contributed by atoms with Crippen molar-refractivity contribution in [3.8, 4) is 5.75 Å². The molecule has 0 saturated carbocycles. The molecule has 0 unspecified atom stereocenters. The molecule has 4 nitrogen and oxygen atoms in total. The van der Waals surface area contributed by atoms with Crippen LogP contribution in [0, 0.1) is 0 Å². The van der Waals surface area contributed by atoms with E-state index in [-0.39, 0.29) is 5.91 Å². The molecular formula is C15H24N2O2S. The van der Waals surface area contributed by atoms with E-state index >= 15 is 0 Å². The van der Waals surface area contributed by atoms with Crippen LogP contribution in [-0.2, 0) is 4.79 Å². The summed E-state index contributed by atoms with van der Waals surface area (Å²) < 4.78 is 5.20. The van der Waals surface area contributed by atoms with Crippen molar-refractivity contribution in [1.29, 1.82) is 0 Å². The van der Waals surface area contributed by atoms with Gasteiger partial charge in [-0.3, -0.25) is 4.79 Å². The second kappa shape index (κ2) is 9.53. The van der Waals surface area contributed by atoms with E-state index in [0.717, 1.165) is 11.5 Å². The molecule has 5 heteroatoms. The molecule has 0 aromatic heterocycles. The number of nitrogens with two attached hydrogens (primary N) is 1. The second-order valence-corrected chi connectivity index (χ2v) is 5.80. The van der Waals surface area contributed by atoms with Crippen LogP contribution in [0.4, 0.5) is 11.4 Å². The third-order valence-electron chi connectivity index (χ3n) is 2.86. The first-order valence-electron chi connectivity index (χ1n) is 6.98. The summed E-state index contributed by atoms with van der Waals surface area (Å²) in [6.07, 6.45) is 4.23. The van der Waals surface area contributed by atoms with Crippen molar-refractivity contribution in [3.05, 3.63) is 18.2 Å². The van der Waals surface area contributed by atoms with Gasteiger partial charge >= 0.3 is 0 Å². The van der Waals surface area contributed by atoms with Gasteiger partial charge in [0.25, 0.3) is 0 Å². The molecule has 0 radical (unpaired) electrons. The van der Waals surface area contributed by atoms with Crippen LogP contribution >= 0.6 is 11.8 Å². The zero-order chi connectivity index (χ0) is 14.8. The van der Waals surface area contributed by atoms with Crippen molar-refractivity contribution in [2.45, 2.75) is 32.6 Å². The Hall–Kier alpha value is -1.36. The van der Waals surface area contributed by atoms with E-state index in [1.165, 1.54) is 19.3 Å². The summed E-state index contributed by atoms with van der Waals surface area (Å²) in [6.45, 7) is 2.19. The topological polar surface area (TPSA) is 64.4 Å². The third-order valence-corrected chi connectivity index (χ3v) is 3.93. The average Bonchev–Trinajstić information content (AvgIpc) is 2.43. The lowest BCUT2D eigenvalue weighted by atomic mass is 10.2. The molecule has 0 aliphatic heterocycles. The minimum atomic E-state index is -0.00288. The summed E-state index contributed by atoms with van der Waals surface area (Å²) in [4.78, 5) is 11.9. The van der Waals surface area contributed by atoms with Crippen molar-refractivity contribution in [2.75, 3.05) is 29.7 Å². The van der Waals surface area contributed by atoms with E-state index in [1.54, 1.807) is 25.3 Å². The van der Waals surface area contributed by atoms with E-state index in [0.29, 0.717) is 23.5 Å². The lowest BCUT2D eigenvalue weighted by Crippen LogP contribution is -2.13.